The van der Waals surface area contributed by atoms with Crippen molar-refractivity contribution in [2.75, 3.05) is 0 Å². The highest BCUT2D eigenvalue weighted by Crippen LogP contribution is 2.22. The lowest BCUT2D eigenvalue weighted by Crippen LogP contribution is -2.00. The van der Waals surface area contributed by atoms with Gasteiger partial charge >= 0.3 is 0 Å². The van der Waals surface area contributed by atoms with Gasteiger partial charge in [-0.15, -0.1) is 0 Å². The Kier molecular flexibility index (Phi) is 1.64. The maximum absolute atomic E-state index is 11.7. The smallest absolute Gasteiger partial charge is 0.211 e. The van der Waals surface area contributed by atoms with Gasteiger partial charge in [-0.2, -0.15) is 0 Å². The normalized spacial score (nSPS) is 11.3. The van der Waals surface area contributed by atoms with Crippen molar-refractivity contribution in [3.8, 4) is 0 Å². The first-order valence-electron chi connectivity index (χ1n) is 4.34. The Balaban J connectivity index is 2.60. The Morgan fingerprint density at radius 3 is 2.87 bits per heavy atom. The van der Waals surface area contributed by atoms with Crippen LogP contribution in [0.5, 0.6) is 0 Å². The molecule has 0 saturated heterocycles. The molecular formula is C11H5ClO3. The average Bonchev–Trinajstić information content (AvgIpc) is 2.68. The van der Waals surface area contributed by atoms with E-state index in [-0.39, 0.29) is 10.5 Å². The molecule has 2 heterocycles. The Labute approximate surface area is 88.9 Å². The third-order valence-corrected chi connectivity index (χ3v) is 2.57. The molecule has 0 amide bonds. The van der Waals surface area contributed by atoms with Crippen molar-refractivity contribution < 1.29 is 8.83 Å². The molecule has 2 aromatic heterocycles. The predicted molar refractivity (Wildman–Crippen MR) is 57.3 cm³/mol. The summed E-state index contributed by atoms with van der Waals surface area (Å²) >= 11 is 5.68. The number of furan rings is 1. The van der Waals surface area contributed by atoms with Gasteiger partial charge in [0, 0.05) is 11.5 Å². The second kappa shape index (κ2) is 2.87. The van der Waals surface area contributed by atoms with Crippen LogP contribution in [-0.4, -0.2) is 0 Å². The van der Waals surface area contributed by atoms with Crippen LogP contribution in [0.15, 0.2) is 44.4 Å². The third-order valence-electron chi connectivity index (χ3n) is 2.31. The molecule has 3 nitrogen and oxygen atoms in total. The highest BCUT2D eigenvalue weighted by Gasteiger charge is 2.07. The first-order chi connectivity index (χ1) is 7.25. The summed E-state index contributed by atoms with van der Waals surface area (Å²) in [6.45, 7) is 0. The van der Waals surface area contributed by atoms with Crippen LogP contribution >= 0.6 is 11.6 Å². The van der Waals surface area contributed by atoms with Crippen molar-refractivity contribution >= 4 is 33.5 Å². The van der Waals surface area contributed by atoms with Gasteiger partial charge in [-0.05, 0) is 12.1 Å². The van der Waals surface area contributed by atoms with Crippen LogP contribution in [0, 0.1) is 0 Å². The van der Waals surface area contributed by atoms with Gasteiger partial charge in [0.15, 0.2) is 0 Å². The van der Waals surface area contributed by atoms with E-state index in [9.17, 15) is 4.79 Å². The highest BCUT2D eigenvalue weighted by molar-refractivity contribution is 6.30. The van der Waals surface area contributed by atoms with E-state index in [2.05, 4.69) is 0 Å². The van der Waals surface area contributed by atoms with Gasteiger partial charge in [0.1, 0.15) is 22.5 Å². The number of hydrogen-bond acceptors (Lipinski definition) is 3. The summed E-state index contributed by atoms with van der Waals surface area (Å²) in [4.78, 5) is 11.7. The molecule has 74 valence electrons. The highest BCUT2D eigenvalue weighted by atomic mass is 35.5. The van der Waals surface area contributed by atoms with Crippen molar-refractivity contribution in [2.45, 2.75) is 0 Å². The summed E-state index contributed by atoms with van der Waals surface area (Å²) in [6, 6.07) is 5.18. The summed E-state index contributed by atoms with van der Waals surface area (Å²) in [5, 5.41) is 1.42. The topological polar surface area (TPSA) is 43.4 Å². The molecule has 15 heavy (non-hydrogen) atoms. The van der Waals surface area contributed by atoms with E-state index in [1.807, 2.05) is 0 Å². The summed E-state index contributed by atoms with van der Waals surface area (Å²) in [5.41, 5.74) is 0.945. The molecule has 0 spiro atoms. The largest absolute Gasteiger partial charge is 0.464 e. The van der Waals surface area contributed by atoms with Gasteiger partial charge < -0.3 is 8.83 Å². The van der Waals surface area contributed by atoms with Crippen LogP contribution in [0.4, 0.5) is 0 Å². The maximum Gasteiger partial charge on any atom is 0.211 e. The van der Waals surface area contributed by atoms with E-state index in [1.54, 1.807) is 24.5 Å². The van der Waals surface area contributed by atoms with Crippen LogP contribution < -0.4 is 5.43 Å². The summed E-state index contributed by atoms with van der Waals surface area (Å²) in [5.74, 6) is 0. The van der Waals surface area contributed by atoms with Gasteiger partial charge in [0.05, 0.1) is 11.6 Å². The predicted octanol–water partition coefficient (Wildman–Crippen LogP) is 3.19. The van der Waals surface area contributed by atoms with Gasteiger partial charge in [0.2, 0.25) is 5.43 Å². The van der Waals surface area contributed by atoms with E-state index in [0.717, 1.165) is 5.39 Å². The molecule has 0 aliphatic heterocycles. The Morgan fingerprint density at radius 2 is 2.00 bits per heavy atom. The van der Waals surface area contributed by atoms with Crippen LogP contribution in [0.2, 0.25) is 5.02 Å². The number of hydrogen-bond donors (Lipinski definition) is 0. The van der Waals surface area contributed by atoms with Crippen LogP contribution in [0.3, 0.4) is 0 Å². The summed E-state index contributed by atoms with van der Waals surface area (Å²) < 4.78 is 10.4. The molecule has 0 aliphatic carbocycles. The molecule has 3 aromatic rings. The standard InChI is InChI=1S/C11H5ClO3/c12-8-5-15-10-4-9-6(1-2-14-9)3-7(10)11(8)13/h1-5H. The van der Waals surface area contributed by atoms with E-state index >= 15 is 0 Å². The van der Waals surface area contributed by atoms with E-state index in [1.165, 1.54) is 6.26 Å². The fraction of sp³-hybridized carbons (Fsp3) is 0. The third kappa shape index (κ3) is 1.17. The number of fused-ring (bicyclic) bond motifs is 2. The molecule has 0 fully saturated rings. The SMILES string of the molecule is O=c1c(Cl)coc2cc3occc3cc12. The average molecular weight is 221 g/mol. The maximum atomic E-state index is 11.7. The van der Waals surface area contributed by atoms with E-state index in [4.69, 9.17) is 20.4 Å². The minimum atomic E-state index is -0.221. The molecule has 0 unspecified atom stereocenters. The van der Waals surface area contributed by atoms with E-state index < -0.39 is 0 Å². The van der Waals surface area contributed by atoms with Gasteiger partial charge in [-0.3, -0.25) is 4.79 Å². The molecule has 0 N–H and O–H groups in total. The van der Waals surface area contributed by atoms with Gasteiger partial charge in [-0.25, -0.2) is 0 Å². The number of halogens is 1. The van der Waals surface area contributed by atoms with Crippen LogP contribution in [-0.2, 0) is 0 Å². The minimum absolute atomic E-state index is 0.0883. The van der Waals surface area contributed by atoms with Crippen molar-refractivity contribution in [1.29, 1.82) is 0 Å². The minimum Gasteiger partial charge on any atom is -0.464 e. The van der Waals surface area contributed by atoms with Crippen molar-refractivity contribution in [3.63, 3.8) is 0 Å². The second-order valence-electron chi connectivity index (χ2n) is 3.22. The molecular weight excluding hydrogens is 216 g/mol. The molecule has 0 saturated carbocycles. The zero-order valence-electron chi connectivity index (χ0n) is 7.49. The van der Waals surface area contributed by atoms with E-state index in [0.29, 0.717) is 16.6 Å². The lowest BCUT2D eigenvalue weighted by atomic mass is 10.2. The molecule has 0 bridgehead atoms. The lowest BCUT2D eigenvalue weighted by Gasteiger charge is -1.96. The Hall–Kier alpha value is -1.74. The zero-order chi connectivity index (χ0) is 10.4. The molecule has 4 heteroatoms. The van der Waals surface area contributed by atoms with Gasteiger partial charge in [-0.1, -0.05) is 11.6 Å². The van der Waals surface area contributed by atoms with Crippen LogP contribution in [0.25, 0.3) is 21.9 Å². The summed E-state index contributed by atoms with van der Waals surface area (Å²) in [7, 11) is 0. The first-order valence-corrected chi connectivity index (χ1v) is 4.72. The van der Waals surface area contributed by atoms with Crippen molar-refractivity contribution in [1.82, 2.24) is 0 Å². The number of benzene rings is 1. The zero-order valence-corrected chi connectivity index (χ0v) is 8.25. The Bertz CT molecular complexity index is 708. The lowest BCUT2D eigenvalue weighted by molar-refractivity contribution is 0.596. The van der Waals surface area contributed by atoms with Crippen molar-refractivity contribution in [2.24, 2.45) is 0 Å². The summed E-state index contributed by atoms with van der Waals surface area (Å²) in [6.07, 6.45) is 2.80. The molecule has 0 radical (unpaired) electrons. The molecule has 0 aliphatic rings. The molecule has 3 rings (SSSR count). The fourth-order valence-electron chi connectivity index (χ4n) is 1.56. The first kappa shape index (κ1) is 8.56. The molecule has 0 atom stereocenters. The monoisotopic (exact) mass is 220 g/mol. The fourth-order valence-corrected chi connectivity index (χ4v) is 1.71. The number of rotatable bonds is 0. The van der Waals surface area contributed by atoms with Crippen molar-refractivity contribution in [3.05, 3.63) is 46.0 Å². The molecule has 1 aromatic carbocycles. The second-order valence-corrected chi connectivity index (χ2v) is 3.63. The van der Waals surface area contributed by atoms with Crippen LogP contribution in [0.1, 0.15) is 0 Å². The van der Waals surface area contributed by atoms with Gasteiger partial charge in [0.25, 0.3) is 0 Å². The Morgan fingerprint density at radius 1 is 1.13 bits per heavy atom. The quantitative estimate of drug-likeness (QED) is 0.584.